The van der Waals surface area contributed by atoms with Crippen molar-refractivity contribution in [3.63, 3.8) is 0 Å². The van der Waals surface area contributed by atoms with Gasteiger partial charge in [-0.1, -0.05) is 11.6 Å². The van der Waals surface area contributed by atoms with Gasteiger partial charge in [0.15, 0.2) is 5.72 Å². The van der Waals surface area contributed by atoms with E-state index in [1.165, 1.54) is 6.07 Å². The quantitative estimate of drug-likeness (QED) is 0.665. The van der Waals surface area contributed by atoms with Crippen LogP contribution in [0.1, 0.15) is 30.1 Å². The number of hydrogen-bond donors (Lipinski definition) is 0. The fourth-order valence-corrected chi connectivity index (χ4v) is 2.61. The molecule has 0 aromatic heterocycles. The van der Waals surface area contributed by atoms with Crippen molar-refractivity contribution in [3.8, 4) is 0 Å². The van der Waals surface area contributed by atoms with Crippen molar-refractivity contribution < 1.29 is 14.3 Å². The molecule has 0 bridgehead atoms. The van der Waals surface area contributed by atoms with E-state index in [4.69, 9.17) is 16.3 Å². The molecular weight excluding hydrogens is 242 g/mol. The Morgan fingerprint density at radius 1 is 1.41 bits per heavy atom. The zero-order valence-corrected chi connectivity index (χ0v) is 9.95. The molecule has 2 heterocycles. The number of ether oxygens (including phenoxy) is 1. The van der Waals surface area contributed by atoms with E-state index in [0.29, 0.717) is 29.1 Å². The number of benzene rings is 1. The molecule has 1 fully saturated rings. The number of rotatable bonds is 0. The second kappa shape index (κ2) is 3.23. The second-order valence-corrected chi connectivity index (χ2v) is 4.89. The van der Waals surface area contributed by atoms with Crippen molar-refractivity contribution in [1.82, 2.24) is 0 Å². The largest absolute Gasteiger partial charge is 0.435 e. The minimum atomic E-state index is -0.838. The van der Waals surface area contributed by atoms with Crippen LogP contribution < -0.4 is 4.90 Å². The van der Waals surface area contributed by atoms with Gasteiger partial charge in [0.05, 0.1) is 11.3 Å². The van der Waals surface area contributed by atoms with Crippen molar-refractivity contribution in [2.45, 2.75) is 25.5 Å². The van der Waals surface area contributed by atoms with E-state index in [0.717, 1.165) is 0 Å². The smallest absolute Gasteiger partial charge is 0.342 e. The van der Waals surface area contributed by atoms with E-state index in [2.05, 4.69) is 0 Å². The van der Waals surface area contributed by atoms with Crippen LogP contribution in [-0.4, -0.2) is 17.6 Å². The van der Waals surface area contributed by atoms with Crippen molar-refractivity contribution in [1.29, 1.82) is 0 Å². The third-order valence-electron chi connectivity index (χ3n) is 3.26. The Bertz CT molecular complexity index is 543. The maximum Gasteiger partial charge on any atom is 0.342 e. The minimum Gasteiger partial charge on any atom is -0.435 e. The van der Waals surface area contributed by atoms with Gasteiger partial charge < -0.3 is 4.74 Å². The Balaban J connectivity index is 2.22. The number of hydrogen-bond acceptors (Lipinski definition) is 3. The topological polar surface area (TPSA) is 46.6 Å². The van der Waals surface area contributed by atoms with Crippen LogP contribution in [-0.2, 0) is 9.53 Å². The molecule has 5 heteroatoms. The van der Waals surface area contributed by atoms with E-state index < -0.39 is 11.7 Å². The summed E-state index contributed by atoms with van der Waals surface area (Å²) in [6.45, 7) is 1.76. The van der Waals surface area contributed by atoms with Gasteiger partial charge >= 0.3 is 5.97 Å². The van der Waals surface area contributed by atoms with Crippen LogP contribution in [0.3, 0.4) is 0 Å². The molecule has 2 aliphatic heterocycles. The first-order chi connectivity index (χ1) is 8.01. The summed E-state index contributed by atoms with van der Waals surface area (Å²) in [7, 11) is 0. The summed E-state index contributed by atoms with van der Waals surface area (Å²) in [5.41, 5.74) is 0.107. The highest BCUT2D eigenvalue weighted by atomic mass is 35.5. The van der Waals surface area contributed by atoms with Gasteiger partial charge in [0, 0.05) is 17.9 Å². The molecular formula is C12H10ClNO3. The molecule has 1 saturated heterocycles. The van der Waals surface area contributed by atoms with Crippen molar-refractivity contribution in [2.24, 2.45) is 0 Å². The van der Waals surface area contributed by atoms with Crippen LogP contribution >= 0.6 is 11.6 Å². The Morgan fingerprint density at radius 2 is 2.18 bits per heavy atom. The van der Waals surface area contributed by atoms with Crippen molar-refractivity contribution >= 4 is 29.2 Å². The first kappa shape index (κ1) is 10.6. The van der Waals surface area contributed by atoms with Gasteiger partial charge in [-0.05, 0) is 25.1 Å². The molecule has 0 aliphatic carbocycles. The molecule has 88 valence electrons. The summed E-state index contributed by atoms with van der Waals surface area (Å²) in [6, 6.07) is 4.90. The van der Waals surface area contributed by atoms with E-state index >= 15 is 0 Å². The molecule has 1 aromatic rings. The Labute approximate surface area is 103 Å². The normalized spacial score (nSPS) is 26.6. The minimum absolute atomic E-state index is 0.0245. The van der Waals surface area contributed by atoms with Gasteiger partial charge in [0.1, 0.15) is 0 Å². The molecule has 0 spiro atoms. The Kier molecular flexibility index (Phi) is 2.01. The third-order valence-corrected chi connectivity index (χ3v) is 3.49. The summed E-state index contributed by atoms with van der Waals surface area (Å²) in [6.07, 6.45) is 0.922. The van der Waals surface area contributed by atoms with Gasteiger partial charge in [-0.3, -0.25) is 9.69 Å². The number of nitrogens with zero attached hydrogens (tertiary/aromatic N) is 1. The van der Waals surface area contributed by atoms with E-state index in [9.17, 15) is 9.59 Å². The molecule has 3 rings (SSSR count). The lowest BCUT2D eigenvalue weighted by Crippen LogP contribution is -2.50. The fourth-order valence-electron chi connectivity index (χ4n) is 2.43. The lowest BCUT2D eigenvalue weighted by atomic mass is 10.1. The van der Waals surface area contributed by atoms with Gasteiger partial charge in [-0.15, -0.1) is 0 Å². The molecule has 0 radical (unpaired) electrons. The molecule has 1 amide bonds. The zero-order valence-electron chi connectivity index (χ0n) is 9.20. The standard InChI is InChI=1S/C12H10ClNO3/c1-12-5-4-10(15)14(12)9-3-2-7(13)6-8(9)11(16)17-12/h2-3,6H,4-5H2,1H3. The maximum atomic E-state index is 11.9. The summed E-state index contributed by atoms with van der Waals surface area (Å²) in [5, 5.41) is 0.455. The lowest BCUT2D eigenvalue weighted by Gasteiger charge is -2.39. The predicted octanol–water partition coefficient (Wildman–Crippen LogP) is 2.35. The molecule has 2 aliphatic rings. The molecule has 4 nitrogen and oxygen atoms in total. The number of amides is 1. The average molecular weight is 252 g/mol. The lowest BCUT2D eigenvalue weighted by molar-refractivity contribution is -0.118. The van der Waals surface area contributed by atoms with Crippen molar-refractivity contribution in [2.75, 3.05) is 4.90 Å². The van der Waals surface area contributed by atoms with Gasteiger partial charge in [-0.25, -0.2) is 4.79 Å². The van der Waals surface area contributed by atoms with Crippen LogP contribution in [0.2, 0.25) is 5.02 Å². The van der Waals surface area contributed by atoms with Crippen LogP contribution in [0.5, 0.6) is 0 Å². The Hall–Kier alpha value is -1.55. The second-order valence-electron chi connectivity index (χ2n) is 4.46. The summed E-state index contributed by atoms with van der Waals surface area (Å²) < 4.78 is 5.36. The van der Waals surface area contributed by atoms with E-state index in [1.807, 2.05) is 0 Å². The van der Waals surface area contributed by atoms with Crippen LogP contribution in [0.25, 0.3) is 0 Å². The molecule has 1 unspecified atom stereocenters. The number of carbonyl (C=O) groups excluding carboxylic acids is 2. The highest BCUT2D eigenvalue weighted by Gasteiger charge is 2.50. The number of carbonyl (C=O) groups is 2. The zero-order chi connectivity index (χ0) is 12.2. The average Bonchev–Trinajstić information content (AvgIpc) is 2.56. The number of halogens is 1. The molecule has 1 aromatic carbocycles. The SMILES string of the molecule is CC12CCC(=O)N1c1ccc(Cl)cc1C(=O)O2. The highest BCUT2D eigenvalue weighted by Crippen LogP contribution is 2.42. The predicted molar refractivity (Wildman–Crippen MR) is 62.0 cm³/mol. The number of fused-ring (bicyclic) bond motifs is 3. The summed E-state index contributed by atoms with van der Waals surface area (Å²) in [5.74, 6) is -0.445. The monoisotopic (exact) mass is 251 g/mol. The maximum absolute atomic E-state index is 11.9. The summed E-state index contributed by atoms with van der Waals surface area (Å²) >= 11 is 5.84. The van der Waals surface area contributed by atoms with Gasteiger partial charge in [0.25, 0.3) is 0 Å². The third kappa shape index (κ3) is 1.37. The first-order valence-electron chi connectivity index (χ1n) is 5.37. The van der Waals surface area contributed by atoms with Gasteiger partial charge in [0.2, 0.25) is 5.91 Å². The van der Waals surface area contributed by atoms with E-state index in [1.54, 1.807) is 24.0 Å². The first-order valence-corrected chi connectivity index (χ1v) is 5.75. The molecule has 0 N–H and O–H groups in total. The van der Waals surface area contributed by atoms with Gasteiger partial charge in [-0.2, -0.15) is 0 Å². The fraction of sp³-hybridized carbons (Fsp3) is 0.333. The molecule has 17 heavy (non-hydrogen) atoms. The highest BCUT2D eigenvalue weighted by molar-refractivity contribution is 6.31. The summed E-state index contributed by atoms with van der Waals surface area (Å²) in [4.78, 5) is 25.3. The van der Waals surface area contributed by atoms with Crippen LogP contribution in [0.4, 0.5) is 5.69 Å². The Morgan fingerprint density at radius 3 is 2.94 bits per heavy atom. The van der Waals surface area contributed by atoms with Crippen LogP contribution in [0, 0.1) is 0 Å². The molecule has 1 atom stereocenters. The van der Waals surface area contributed by atoms with E-state index in [-0.39, 0.29) is 5.91 Å². The number of esters is 1. The molecule has 0 saturated carbocycles. The van der Waals surface area contributed by atoms with Crippen LogP contribution in [0.15, 0.2) is 18.2 Å². The van der Waals surface area contributed by atoms with Crippen molar-refractivity contribution in [3.05, 3.63) is 28.8 Å². The number of anilines is 1.